The average Bonchev–Trinajstić information content (AvgIpc) is 2.31. The van der Waals surface area contributed by atoms with Crippen LogP contribution in [0.4, 0.5) is 0 Å². The first-order valence-electron chi connectivity index (χ1n) is 5.89. The molecule has 2 aromatic rings. The van der Waals surface area contributed by atoms with Gasteiger partial charge in [0.05, 0.1) is 0 Å². The summed E-state index contributed by atoms with van der Waals surface area (Å²) in [6, 6.07) is 14.2. The number of aliphatic hydroxyl groups excluding tert-OH is 1. The van der Waals surface area contributed by atoms with Crippen LogP contribution in [0.25, 0.3) is 0 Å². The molecule has 0 amide bonds. The van der Waals surface area contributed by atoms with Gasteiger partial charge in [-0.15, -0.1) is 0 Å². The topological polar surface area (TPSA) is 20.2 Å². The molecule has 0 spiro atoms. The molecule has 0 aliphatic carbocycles. The van der Waals surface area contributed by atoms with Crippen LogP contribution in [0.3, 0.4) is 0 Å². The van der Waals surface area contributed by atoms with Crippen LogP contribution in [0.2, 0.25) is 0 Å². The number of aryl methyl sites for hydroxylation is 3. The predicted octanol–water partition coefficient (Wildman–Crippen LogP) is 3.69. The van der Waals surface area contributed by atoms with Gasteiger partial charge in [0, 0.05) is 0 Å². The monoisotopic (exact) mass is 226 g/mol. The van der Waals surface area contributed by atoms with Gasteiger partial charge in [0.25, 0.3) is 0 Å². The van der Waals surface area contributed by atoms with Crippen molar-refractivity contribution in [2.75, 3.05) is 0 Å². The van der Waals surface area contributed by atoms with Gasteiger partial charge in [0.1, 0.15) is 6.10 Å². The van der Waals surface area contributed by atoms with E-state index in [0.29, 0.717) is 0 Å². The third-order valence-corrected chi connectivity index (χ3v) is 3.09. The van der Waals surface area contributed by atoms with Gasteiger partial charge < -0.3 is 5.11 Å². The van der Waals surface area contributed by atoms with E-state index < -0.39 is 6.10 Å². The van der Waals surface area contributed by atoms with Crippen molar-refractivity contribution in [1.82, 2.24) is 0 Å². The van der Waals surface area contributed by atoms with E-state index in [2.05, 4.69) is 18.2 Å². The maximum absolute atomic E-state index is 10.4. The lowest BCUT2D eigenvalue weighted by Crippen LogP contribution is -2.02. The lowest BCUT2D eigenvalue weighted by atomic mass is 9.95. The van der Waals surface area contributed by atoms with Gasteiger partial charge in [-0.3, -0.25) is 0 Å². The van der Waals surface area contributed by atoms with Gasteiger partial charge in [-0.25, -0.2) is 0 Å². The van der Waals surface area contributed by atoms with Crippen molar-refractivity contribution in [3.63, 3.8) is 0 Å². The summed E-state index contributed by atoms with van der Waals surface area (Å²) < 4.78 is 0. The zero-order chi connectivity index (χ0) is 12.4. The van der Waals surface area contributed by atoms with Crippen LogP contribution in [-0.4, -0.2) is 5.11 Å². The molecule has 0 bridgehead atoms. The molecular weight excluding hydrogens is 208 g/mol. The van der Waals surface area contributed by atoms with E-state index in [0.717, 1.165) is 16.7 Å². The highest BCUT2D eigenvalue weighted by Gasteiger charge is 2.12. The molecule has 2 aromatic carbocycles. The molecule has 2 rings (SSSR count). The minimum atomic E-state index is -0.533. The minimum Gasteiger partial charge on any atom is -0.384 e. The van der Waals surface area contributed by atoms with Crippen LogP contribution in [0.1, 0.15) is 33.9 Å². The van der Waals surface area contributed by atoms with Crippen LogP contribution >= 0.6 is 0 Å². The first kappa shape index (κ1) is 11.9. The highest BCUT2D eigenvalue weighted by Crippen LogP contribution is 2.26. The van der Waals surface area contributed by atoms with E-state index in [9.17, 15) is 5.11 Å². The Bertz CT molecular complexity index is 529. The molecule has 1 unspecified atom stereocenters. The first-order valence-corrected chi connectivity index (χ1v) is 5.89. The molecule has 0 radical (unpaired) electrons. The van der Waals surface area contributed by atoms with Crippen molar-refractivity contribution < 1.29 is 5.11 Å². The Hall–Kier alpha value is -1.60. The molecule has 0 saturated carbocycles. The molecule has 0 heterocycles. The summed E-state index contributed by atoms with van der Waals surface area (Å²) in [6.07, 6.45) is -0.533. The number of aliphatic hydroxyl groups is 1. The Kier molecular flexibility index (Phi) is 3.30. The fourth-order valence-corrected chi connectivity index (χ4v) is 2.07. The van der Waals surface area contributed by atoms with Crippen molar-refractivity contribution in [2.45, 2.75) is 26.9 Å². The Morgan fingerprint density at radius 3 is 2.29 bits per heavy atom. The highest BCUT2D eigenvalue weighted by atomic mass is 16.3. The fourth-order valence-electron chi connectivity index (χ4n) is 2.07. The molecule has 0 aliphatic rings. The van der Waals surface area contributed by atoms with E-state index in [4.69, 9.17) is 0 Å². The lowest BCUT2D eigenvalue weighted by Gasteiger charge is -2.15. The first-order chi connectivity index (χ1) is 8.08. The lowest BCUT2D eigenvalue weighted by molar-refractivity contribution is 0.219. The molecule has 1 atom stereocenters. The van der Waals surface area contributed by atoms with Crippen molar-refractivity contribution in [1.29, 1.82) is 0 Å². The minimum absolute atomic E-state index is 0.533. The number of benzene rings is 2. The summed E-state index contributed by atoms with van der Waals surface area (Å²) in [5, 5.41) is 10.4. The molecule has 1 N–H and O–H groups in total. The quantitative estimate of drug-likeness (QED) is 0.828. The number of rotatable bonds is 2. The van der Waals surface area contributed by atoms with E-state index in [1.165, 1.54) is 11.1 Å². The third-order valence-electron chi connectivity index (χ3n) is 3.09. The number of hydrogen-bond acceptors (Lipinski definition) is 1. The summed E-state index contributed by atoms with van der Waals surface area (Å²) in [5.41, 5.74) is 5.43. The normalized spacial score (nSPS) is 12.5. The van der Waals surface area contributed by atoms with Crippen LogP contribution in [0.5, 0.6) is 0 Å². The van der Waals surface area contributed by atoms with E-state index in [1.807, 2.05) is 45.0 Å². The van der Waals surface area contributed by atoms with Crippen LogP contribution in [0, 0.1) is 20.8 Å². The summed E-state index contributed by atoms with van der Waals surface area (Å²) in [5.74, 6) is 0. The maximum atomic E-state index is 10.4. The van der Waals surface area contributed by atoms with Crippen molar-refractivity contribution in [3.05, 3.63) is 70.3 Å². The Labute approximate surface area is 103 Å². The zero-order valence-electron chi connectivity index (χ0n) is 10.6. The molecule has 88 valence electrons. The van der Waals surface area contributed by atoms with Gasteiger partial charge in [-0.05, 0) is 37.5 Å². The van der Waals surface area contributed by atoms with Crippen molar-refractivity contribution >= 4 is 0 Å². The van der Waals surface area contributed by atoms with Gasteiger partial charge in [0.2, 0.25) is 0 Å². The summed E-state index contributed by atoms with van der Waals surface area (Å²) >= 11 is 0. The van der Waals surface area contributed by atoms with Crippen LogP contribution < -0.4 is 0 Å². The smallest absolute Gasteiger partial charge is 0.104 e. The van der Waals surface area contributed by atoms with Crippen LogP contribution in [0.15, 0.2) is 42.5 Å². The SMILES string of the molecule is Cc1cccc(C(O)c2cc(C)ccc2C)c1. The van der Waals surface area contributed by atoms with Gasteiger partial charge in [-0.2, -0.15) is 0 Å². The zero-order valence-corrected chi connectivity index (χ0v) is 10.6. The maximum Gasteiger partial charge on any atom is 0.104 e. The molecule has 0 aliphatic heterocycles. The van der Waals surface area contributed by atoms with Gasteiger partial charge in [-0.1, -0.05) is 53.6 Å². The van der Waals surface area contributed by atoms with E-state index in [1.54, 1.807) is 0 Å². The fraction of sp³-hybridized carbons (Fsp3) is 0.250. The van der Waals surface area contributed by atoms with E-state index >= 15 is 0 Å². The molecule has 0 fully saturated rings. The average molecular weight is 226 g/mol. The molecule has 0 aromatic heterocycles. The second-order valence-electron chi connectivity index (χ2n) is 4.68. The Morgan fingerprint density at radius 2 is 1.59 bits per heavy atom. The van der Waals surface area contributed by atoms with Crippen molar-refractivity contribution in [2.24, 2.45) is 0 Å². The summed E-state index contributed by atoms with van der Waals surface area (Å²) in [4.78, 5) is 0. The predicted molar refractivity (Wildman–Crippen MR) is 71.2 cm³/mol. The Morgan fingerprint density at radius 1 is 0.882 bits per heavy atom. The second kappa shape index (κ2) is 4.72. The largest absolute Gasteiger partial charge is 0.384 e. The van der Waals surface area contributed by atoms with Crippen LogP contribution in [-0.2, 0) is 0 Å². The molecule has 1 heteroatoms. The third kappa shape index (κ3) is 2.56. The van der Waals surface area contributed by atoms with E-state index in [-0.39, 0.29) is 0 Å². The summed E-state index contributed by atoms with van der Waals surface area (Å²) in [7, 11) is 0. The number of hydrogen-bond donors (Lipinski definition) is 1. The highest BCUT2D eigenvalue weighted by molar-refractivity contribution is 5.38. The summed E-state index contributed by atoms with van der Waals surface area (Å²) in [6.45, 7) is 6.12. The van der Waals surface area contributed by atoms with Crippen molar-refractivity contribution in [3.8, 4) is 0 Å². The van der Waals surface area contributed by atoms with Gasteiger partial charge in [0.15, 0.2) is 0 Å². The molecule has 0 saturated heterocycles. The Balaban J connectivity index is 2.43. The molecular formula is C16H18O. The van der Waals surface area contributed by atoms with Gasteiger partial charge >= 0.3 is 0 Å². The standard InChI is InChI=1S/C16H18O/c1-11-5-4-6-14(9-11)16(17)15-10-12(2)7-8-13(15)3/h4-10,16-17H,1-3H3. The second-order valence-corrected chi connectivity index (χ2v) is 4.68. The molecule has 1 nitrogen and oxygen atoms in total. The molecule has 17 heavy (non-hydrogen) atoms.